The van der Waals surface area contributed by atoms with E-state index < -0.39 is 23.8 Å². The number of benzene rings is 2. The molecule has 1 unspecified atom stereocenters. The second-order valence-corrected chi connectivity index (χ2v) is 10.6. The lowest BCUT2D eigenvalue weighted by atomic mass is 9.82. The van der Waals surface area contributed by atoms with Crippen molar-refractivity contribution in [2.45, 2.75) is 58.7 Å². The van der Waals surface area contributed by atoms with Crippen LogP contribution in [0.15, 0.2) is 42.5 Å². The molecule has 0 aromatic heterocycles. The first kappa shape index (κ1) is 26.5. The number of nitrogens with zero attached hydrogens (tertiary/aromatic N) is 2. The number of hydrogen-bond acceptors (Lipinski definition) is 6. The van der Waals surface area contributed by atoms with Gasteiger partial charge in [0.2, 0.25) is 5.91 Å². The fraction of sp³-hybridized carbons (Fsp3) is 0.448. The molecule has 0 radical (unpaired) electrons. The van der Waals surface area contributed by atoms with Crippen LogP contribution in [0.4, 0.5) is 0 Å². The second kappa shape index (κ2) is 11.3. The largest absolute Gasteiger partial charge is 0.488 e. The molecular weight excluding hydrogens is 470 g/mol. The molecule has 2 aromatic rings. The molecule has 1 N–H and O–H groups in total. The summed E-state index contributed by atoms with van der Waals surface area (Å²) in [5.41, 5.74) is 2.97. The summed E-state index contributed by atoms with van der Waals surface area (Å²) in [5, 5.41) is 2.48. The molecule has 1 atom stereocenters. The van der Waals surface area contributed by atoms with Gasteiger partial charge in [-0.2, -0.15) is 0 Å². The molecule has 4 rings (SSSR count). The van der Waals surface area contributed by atoms with Crippen molar-refractivity contribution in [3.05, 3.63) is 64.7 Å². The summed E-state index contributed by atoms with van der Waals surface area (Å²) in [6, 6.07) is 12.1. The molecule has 0 aliphatic carbocycles. The molecule has 0 saturated carbocycles. The zero-order chi connectivity index (χ0) is 26.6. The fourth-order valence-corrected chi connectivity index (χ4v) is 4.92. The minimum atomic E-state index is -1.06. The fourth-order valence-electron chi connectivity index (χ4n) is 4.92. The van der Waals surface area contributed by atoms with Crippen LogP contribution >= 0.6 is 0 Å². The number of carbonyl (C=O) groups is 4. The SMILES string of the molecule is CNC(=O)C(CCC=O)N1C(=O)c2cccc(OCc3ccc(CN4CCC(C)(C)CC4)cc3)c2C1=O. The Morgan fingerprint density at radius 2 is 1.73 bits per heavy atom. The number of likely N-dealkylation sites (N-methyl/N-ethyl adjacent to an activating group) is 1. The highest BCUT2D eigenvalue weighted by Crippen LogP contribution is 2.34. The standard InChI is InChI=1S/C29H35N3O5/c1-29(2)13-15-31(16-14-29)18-20-9-11-21(12-10-20)19-37-24-8-4-6-22-25(24)28(36)32(27(22)35)23(7-5-17-33)26(34)30-3/h4,6,8-12,17,23H,5,7,13-16,18-19H2,1-3H3,(H,30,34). The van der Waals surface area contributed by atoms with Crippen molar-refractivity contribution in [2.24, 2.45) is 5.41 Å². The van der Waals surface area contributed by atoms with Crippen molar-refractivity contribution >= 4 is 24.0 Å². The molecule has 196 valence electrons. The van der Waals surface area contributed by atoms with Crippen LogP contribution in [0, 0.1) is 5.41 Å². The molecule has 2 aliphatic rings. The Bertz CT molecular complexity index is 1160. The van der Waals surface area contributed by atoms with E-state index in [0.29, 0.717) is 17.5 Å². The summed E-state index contributed by atoms with van der Waals surface area (Å²) < 4.78 is 6.00. The van der Waals surface area contributed by atoms with Crippen LogP contribution in [-0.4, -0.2) is 60.0 Å². The highest BCUT2D eigenvalue weighted by atomic mass is 16.5. The minimum absolute atomic E-state index is 0.0561. The van der Waals surface area contributed by atoms with Gasteiger partial charge in [0.15, 0.2) is 0 Å². The Morgan fingerprint density at radius 1 is 1.05 bits per heavy atom. The van der Waals surface area contributed by atoms with Gasteiger partial charge in [-0.25, -0.2) is 0 Å². The number of nitrogens with one attached hydrogen (secondary N) is 1. The topological polar surface area (TPSA) is 96.0 Å². The van der Waals surface area contributed by atoms with Gasteiger partial charge in [0.25, 0.3) is 11.8 Å². The van der Waals surface area contributed by atoms with E-state index in [9.17, 15) is 19.2 Å². The molecule has 2 heterocycles. The van der Waals surface area contributed by atoms with Gasteiger partial charge in [-0.05, 0) is 61.0 Å². The van der Waals surface area contributed by atoms with Crippen molar-refractivity contribution in [3.63, 3.8) is 0 Å². The van der Waals surface area contributed by atoms with Gasteiger partial charge < -0.3 is 14.8 Å². The Morgan fingerprint density at radius 3 is 2.38 bits per heavy atom. The van der Waals surface area contributed by atoms with Gasteiger partial charge >= 0.3 is 0 Å². The summed E-state index contributed by atoms with van der Waals surface area (Å²) in [4.78, 5) is 53.1. The summed E-state index contributed by atoms with van der Waals surface area (Å²) >= 11 is 0. The number of likely N-dealkylation sites (tertiary alicyclic amines) is 1. The predicted octanol–water partition coefficient (Wildman–Crippen LogP) is 3.58. The van der Waals surface area contributed by atoms with Gasteiger partial charge in [-0.3, -0.25) is 24.2 Å². The van der Waals surface area contributed by atoms with Gasteiger partial charge in [0.1, 0.15) is 24.7 Å². The zero-order valence-corrected chi connectivity index (χ0v) is 21.8. The lowest BCUT2D eigenvalue weighted by Crippen LogP contribution is -2.48. The molecule has 8 nitrogen and oxygen atoms in total. The van der Waals surface area contributed by atoms with E-state index in [0.717, 1.165) is 30.1 Å². The van der Waals surface area contributed by atoms with Crippen LogP contribution in [0.2, 0.25) is 0 Å². The van der Waals surface area contributed by atoms with Gasteiger partial charge in [-0.1, -0.05) is 44.2 Å². The van der Waals surface area contributed by atoms with E-state index in [-0.39, 0.29) is 30.6 Å². The average molecular weight is 506 g/mol. The lowest BCUT2D eigenvalue weighted by Gasteiger charge is -2.36. The molecule has 1 saturated heterocycles. The molecule has 0 spiro atoms. The first-order chi connectivity index (χ1) is 17.7. The highest BCUT2D eigenvalue weighted by Gasteiger charge is 2.44. The molecule has 2 aliphatic heterocycles. The number of aldehydes is 1. The van der Waals surface area contributed by atoms with Gasteiger partial charge in [0.05, 0.1) is 11.1 Å². The molecule has 37 heavy (non-hydrogen) atoms. The maximum Gasteiger partial charge on any atom is 0.266 e. The maximum absolute atomic E-state index is 13.3. The van der Waals surface area contributed by atoms with Crippen molar-refractivity contribution in [2.75, 3.05) is 20.1 Å². The minimum Gasteiger partial charge on any atom is -0.488 e. The van der Waals surface area contributed by atoms with Crippen LogP contribution in [-0.2, 0) is 22.7 Å². The van der Waals surface area contributed by atoms with E-state index >= 15 is 0 Å². The Labute approximate surface area is 218 Å². The average Bonchev–Trinajstić information content (AvgIpc) is 3.15. The third kappa shape index (κ3) is 5.91. The molecule has 1 fully saturated rings. The number of fused-ring (bicyclic) bond motifs is 1. The van der Waals surface area contributed by atoms with Crippen LogP contribution in [0.3, 0.4) is 0 Å². The Balaban J connectivity index is 1.43. The first-order valence-corrected chi connectivity index (χ1v) is 12.8. The summed E-state index contributed by atoms with van der Waals surface area (Å²) in [6.07, 6.45) is 3.20. The molecule has 2 aromatic carbocycles. The number of imide groups is 1. The van der Waals surface area contributed by atoms with Crippen LogP contribution in [0.1, 0.15) is 71.4 Å². The van der Waals surface area contributed by atoms with Crippen molar-refractivity contribution < 1.29 is 23.9 Å². The van der Waals surface area contributed by atoms with E-state index in [4.69, 9.17) is 4.74 Å². The summed E-state index contributed by atoms with van der Waals surface area (Å²) in [7, 11) is 1.43. The Hall–Kier alpha value is -3.52. The number of carbonyl (C=O) groups excluding carboxylic acids is 4. The molecule has 0 bridgehead atoms. The Kier molecular flexibility index (Phi) is 8.07. The molecule has 3 amide bonds. The quantitative estimate of drug-likeness (QED) is 0.392. The van der Waals surface area contributed by atoms with E-state index in [2.05, 4.69) is 36.2 Å². The number of hydrogen-bond donors (Lipinski definition) is 1. The third-order valence-electron chi connectivity index (χ3n) is 7.36. The van der Waals surface area contributed by atoms with E-state index in [1.807, 2.05) is 12.1 Å². The van der Waals surface area contributed by atoms with Crippen LogP contribution in [0.5, 0.6) is 5.75 Å². The number of piperidine rings is 1. The van der Waals surface area contributed by atoms with Crippen LogP contribution in [0.25, 0.3) is 0 Å². The van der Waals surface area contributed by atoms with Crippen molar-refractivity contribution in [1.82, 2.24) is 15.1 Å². The maximum atomic E-state index is 13.3. The normalized spacial score (nSPS) is 17.9. The van der Waals surface area contributed by atoms with E-state index in [1.54, 1.807) is 18.2 Å². The summed E-state index contributed by atoms with van der Waals surface area (Å²) in [5.74, 6) is -1.35. The van der Waals surface area contributed by atoms with Crippen molar-refractivity contribution in [3.8, 4) is 5.75 Å². The zero-order valence-electron chi connectivity index (χ0n) is 21.8. The van der Waals surface area contributed by atoms with Crippen LogP contribution < -0.4 is 10.1 Å². The number of amides is 3. The summed E-state index contributed by atoms with van der Waals surface area (Å²) in [6.45, 7) is 8.03. The van der Waals surface area contributed by atoms with Gasteiger partial charge in [0, 0.05) is 20.0 Å². The predicted molar refractivity (Wildman–Crippen MR) is 139 cm³/mol. The highest BCUT2D eigenvalue weighted by molar-refractivity contribution is 6.24. The second-order valence-electron chi connectivity index (χ2n) is 10.6. The monoisotopic (exact) mass is 505 g/mol. The lowest BCUT2D eigenvalue weighted by molar-refractivity contribution is -0.124. The number of rotatable bonds is 10. The number of ether oxygens (including phenoxy) is 1. The van der Waals surface area contributed by atoms with E-state index in [1.165, 1.54) is 25.5 Å². The first-order valence-electron chi connectivity index (χ1n) is 12.8. The van der Waals surface area contributed by atoms with Crippen molar-refractivity contribution in [1.29, 1.82) is 0 Å². The van der Waals surface area contributed by atoms with Gasteiger partial charge in [-0.15, -0.1) is 0 Å². The molecule has 8 heteroatoms. The molecular formula is C29H35N3O5. The smallest absolute Gasteiger partial charge is 0.266 e. The third-order valence-corrected chi connectivity index (χ3v) is 7.36.